The normalized spacial score (nSPS) is 25.7. The third-order valence-electron chi connectivity index (χ3n) is 5.05. The summed E-state index contributed by atoms with van der Waals surface area (Å²) in [5.41, 5.74) is 1.15. The number of carbonyl (C=O) groups excluding carboxylic acids is 1. The zero-order chi connectivity index (χ0) is 17.6. The first-order valence-electron chi connectivity index (χ1n) is 8.18. The number of benzene rings is 1. The van der Waals surface area contributed by atoms with E-state index in [1.54, 1.807) is 4.90 Å². The first kappa shape index (κ1) is 16.3. The molecule has 0 radical (unpaired) electrons. The SMILES string of the molecule is CN1CCN(C(=O)c2cnoc2-c2ccccc2)[C@H]2CS(=O)(=O)C[C@H]21. The van der Waals surface area contributed by atoms with Crippen molar-refractivity contribution >= 4 is 15.7 Å². The van der Waals surface area contributed by atoms with Crippen LogP contribution in [-0.4, -0.2) is 73.0 Å². The monoisotopic (exact) mass is 361 g/mol. The summed E-state index contributed by atoms with van der Waals surface area (Å²) in [6.45, 7) is 1.14. The Kier molecular flexibility index (Phi) is 3.88. The van der Waals surface area contributed by atoms with Crippen molar-refractivity contribution in [1.82, 2.24) is 15.0 Å². The number of fused-ring (bicyclic) bond motifs is 1. The number of carbonyl (C=O) groups is 1. The van der Waals surface area contributed by atoms with Gasteiger partial charge in [-0.3, -0.25) is 9.69 Å². The van der Waals surface area contributed by atoms with Crippen molar-refractivity contribution in [2.24, 2.45) is 0 Å². The molecular weight excluding hydrogens is 342 g/mol. The van der Waals surface area contributed by atoms with Gasteiger partial charge in [0.05, 0.1) is 23.7 Å². The van der Waals surface area contributed by atoms with Crippen molar-refractivity contribution in [2.45, 2.75) is 12.1 Å². The fourth-order valence-electron chi connectivity index (χ4n) is 3.72. The highest BCUT2D eigenvalue weighted by Gasteiger charge is 2.47. The number of piperazine rings is 1. The second-order valence-corrected chi connectivity index (χ2v) is 8.78. The maximum atomic E-state index is 13.1. The van der Waals surface area contributed by atoms with Gasteiger partial charge in [-0.25, -0.2) is 8.42 Å². The van der Waals surface area contributed by atoms with Crippen LogP contribution in [0.25, 0.3) is 11.3 Å². The molecule has 0 aliphatic carbocycles. The van der Waals surface area contributed by atoms with Gasteiger partial charge in [0.15, 0.2) is 15.6 Å². The van der Waals surface area contributed by atoms with Crippen molar-refractivity contribution in [3.05, 3.63) is 42.1 Å². The molecule has 2 saturated heterocycles. The molecule has 0 unspecified atom stereocenters. The van der Waals surface area contributed by atoms with Crippen LogP contribution in [0.4, 0.5) is 0 Å². The number of rotatable bonds is 2. The Morgan fingerprint density at radius 3 is 2.64 bits per heavy atom. The largest absolute Gasteiger partial charge is 0.355 e. The molecule has 2 fully saturated rings. The Labute approximate surface area is 146 Å². The molecule has 0 saturated carbocycles. The molecule has 8 heteroatoms. The van der Waals surface area contributed by atoms with E-state index in [1.807, 2.05) is 42.3 Å². The smallest absolute Gasteiger partial charge is 0.259 e. The van der Waals surface area contributed by atoms with E-state index >= 15 is 0 Å². The molecule has 2 aliphatic rings. The van der Waals surface area contributed by atoms with E-state index in [2.05, 4.69) is 5.16 Å². The van der Waals surface area contributed by atoms with Crippen molar-refractivity contribution < 1.29 is 17.7 Å². The topological polar surface area (TPSA) is 83.7 Å². The van der Waals surface area contributed by atoms with Crippen molar-refractivity contribution in [1.29, 1.82) is 0 Å². The summed E-state index contributed by atoms with van der Waals surface area (Å²) in [5, 5.41) is 3.79. The van der Waals surface area contributed by atoms with Crippen LogP contribution >= 0.6 is 0 Å². The third-order valence-corrected chi connectivity index (χ3v) is 6.75. The number of aromatic nitrogens is 1. The fourth-order valence-corrected chi connectivity index (χ4v) is 5.78. The Morgan fingerprint density at radius 2 is 1.88 bits per heavy atom. The zero-order valence-electron chi connectivity index (χ0n) is 13.8. The minimum atomic E-state index is -3.13. The highest BCUT2D eigenvalue weighted by atomic mass is 32.2. The summed E-state index contributed by atoms with van der Waals surface area (Å²) in [4.78, 5) is 16.8. The molecule has 2 atom stereocenters. The molecule has 4 rings (SSSR count). The minimum Gasteiger partial charge on any atom is -0.355 e. The number of amides is 1. The summed E-state index contributed by atoms with van der Waals surface area (Å²) in [7, 11) is -1.22. The molecule has 0 spiro atoms. The van der Waals surface area contributed by atoms with Gasteiger partial charge in [-0.15, -0.1) is 0 Å². The minimum absolute atomic E-state index is 0.0136. The summed E-state index contributed by atoms with van der Waals surface area (Å²) in [5.74, 6) is 0.314. The predicted molar refractivity (Wildman–Crippen MR) is 91.8 cm³/mol. The Hall–Kier alpha value is -2.19. The van der Waals surface area contributed by atoms with Crippen LogP contribution in [0, 0.1) is 0 Å². The van der Waals surface area contributed by atoms with E-state index in [0.717, 1.165) is 5.56 Å². The van der Waals surface area contributed by atoms with Gasteiger partial charge in [0.1, 0.15) is 5.56 Å². The summed E-state index contributed by atoms with van der Waals surface area (Å²) in [6.07, 6.45) is 1.42. The lowest BCUT2D eigenvalue weighted by Crippen LogP contribution is -2.59. The number of hydrogen-bond acceptors (Lipinski definition) is 6. The molecule has 3 heterocycles. The molecule has 132 valence electrons. The molecule has 0 N–H and O–H groups in total. The molecule has 1 aromatic heterocycles. The van der Waals surface area contributed by atoms with E-state index in [9.17, 15) is 13.2 Å². The maximum absolute atomic E-state index is 13.1. The standard InChI is InChI=1S/C17H19N3O4S/c1-19-7-8-20(15-11-25(22,23)10-14(15)19)17(21)13-9-18-24-16(13)12-5-3-2-4-6-12/h2-6,9,14-15H,7-8,10-11H2,1H3/t14-,15+/m1/s1. The third kappa shape index (κ3) is 2.85. The van der Waals surface area contributed by atoms with Crippen LogP contribution in [0.1, 0.15) is 10.4 Å². The molecule has 1 amide bonds. The van der Waals surface area contributed by atoms with Crippen molar-refractivity contribution in [3.8, 4) is 11.3 Å². The molecule has 2 aliphatic heterocycles. The lowest BCUT2D eigenvalue weighted by molar-refractivity contribution is 0.0410. The molecule has 1 aromatic carbocycles. The Bertz CT molecular complexity index is 894. The van der Waals surface area contributed by atoms with Gasteiger partial charge in [0.25, 0.3) is 5.91 Å². The average Bonchev–Trinajstić information content (AvgIpc) is 3.19. The van der Waals surface area contributed by atoms with Gasteiger partial charge in [-0.1, -0.05) is 35.5 Å². The van der Waals surface area contributed by atoms with Crippen LogP contribution in [0.3, 0.4) is 0 Å². The zero-order valence-corrected chi connectivity index (χ0v) is 14.6. The van der Waals surface area contributed by atoms with E-state index in [-0.39, 0.29) is 29.5 Å². The number of nitrogens with zero attached hydrogens (tertiary/aromatic N) is 3. The van der Waals surface area contributed by atoms with E-state index in [0.29, 0.717) is 24.4 Å². The number of sulfone groups is 1. The highest BCUT2D eigenvalue weighted by molar-refractivity contribution is 7.91. The second kappa shape index (κ2) is 5.96. The predicted octanol–water partition coefficient (Wildman–Crippen LogP) is 0.895. The molecule has 25 heavy (non-hydrogen) atoms. The van der Waals surface area contributed by atoms with Gasteiger partial charge < -0.3 is 9.42 Å². The van der Waals surface area contributed by atoms with E-state index in [1.165, 1.54) is 6.20 Å². The van der Waals surface area contributed by atoms with Crippen LogP contribution in [0.15, 0.2) is 41.1 Å². The van der Waals surface area contributed by atoms with Crippen molar-refractivity contribution in [2.75, 3.05) is 31.6 Å². The molecule has 0 bridgehead atoms. The number of likely N-dealkylation sites (N-methyl/N-ethyl adjacent to an activating group) is 1. The lowest BCUT2D eigenvalue weighted by Gasteiger charge is -2.42. The lowest BCUT2D eigenvalue weighted by atomic mass is 10.0. The summed E-state index contributed by atoms with van der Waals surface area (Å²) >= 11 is 0. The van der Waals surface area contributed by atoms with Gasteiger partial charge in [-0.2, -0.15) is 0 Å². The summed E-state index contributed by atoms with van der Waals surface area (Å²) < 4.78 is 29.5. The van der Waals surface area contributed by atoms with E-state index in [4.69, 9.17) is 4.52 Å². The van der Waals surface area contributed by atoms with Crippen LogP contribution in [0.5, 0.6) is 0 Å². The quantitative estimate of drug-likeness (QED) is 0.790. The van der Waals surface area contributed by atoms with Crippen LogP contribution in [0.2, 0.25) is 0 Å². The van der Waals surface area contributed by atoms with Gasteiger partial charge in [0.2, 0.25) is 0 Å². The van der Waals surface area contributed by atoms with Gasteiger partial charge in [0, 0.05) is 24.7 Å². The Balaban J connectivity index is 1.67. The summed E-state index contributed by atoms with van der Waals surface area (Å²) in [6, 6.07) is 8.84. The van der Waals surface area contributed by atoms with Gasteiger partial charge in [-0.05, 0) is 7.05 Å². The molecular formula is C17H19N3O4S. The first-order chi connectivity index (χ1) is 12.0. The Morgan fingerprint density at radius 1 is 1.16 bits per heavy atom. The molecule has 7 nitrogen and oxygen atoms in total. The average molecular weight is 361 g/mol. The second-order valence-electron chi connectivity index (χ2n) is 6.63. The maximum Gasteiger partial charge on any atom is 0.259 e. The fraction of sp³-hybridized carbons (Fsp3) is 0.412. The number of hydrogen-bond donors (Lipinski definition) is 0. The highest BCUT2D eigenvalue weighted by Crippen LogP contribution is 2.30. The molecule has 2 aromatic rings. The van der Waals surface area contributed by atoms with Crippen molar-refractivity contribution in [3.63, 3.8) is 0 Å². The van der Waals surface area contributed by atoms with Gasteiger partial charge >= 0.3 is 0 Å². The van der Waals surface area contributed by atoms with Crippen LogP contribution < -0.4 is 0 Å². The first-order valence-corrected chi connectivity index (χ1v) is 10.00. The van der Waals surface area contributed by atoms with E-state index < -0.39 is 9.84 Å². The van der Waals surface area contributed by atoms with Crippen LogP contribution in [-0.2, 0) is 9.84 Å².